The molecular formula is C17H27NO. The predicted molar refractivity (Wildman–Crippen MR) is 80.4 cm³/mol. The fraction of sp³-hybridized carbons (Fsp3) is 0.647. The van der Waals surface area contributed by atoms with Gasteiger partial charge in [0.05, 0.1) is 6.10 Å². The highest BCUT2D eigenvalue weighted by Gasteiger charge is 2.20. The summed E-state index contributed by atoms with van der Waals surface area (Å²) in [5, 5.41) is 3.67. The van der Waals surface area contributed by atoms with Gasteiger partial charge in [-0.05, 0) is 42.7 Å². The molecule has 2 rings (SSSR count). The van der Waals surface area contributed by atoms with Crippen LogP contribution in [0.5, 0.6) is 0 Å². The van der Waals surface area contributed by atoms with E-state index >= 15 is 0 Å². The molecule has 0 radical (unpaired) electrons. The molecule has 2 unspecified atom stereocenters. The summed E-state index contributed by atoms with van der Waals surface area (Å²) in [4.78, 5) is 0. The summed E-state index contributed by atoms with van der Waals surface area (Å²) in [5.41, 5.74) is 2.80. The molecule has 1 aromatic carbocycles. The van der Waals surface area contributed by atoms with Crippen LogP contribution in [0.2, 0.25) is 0 Å². The number of methoxy groups -OCH3 is 1. The number of ether oxygens (including phenoxy) is 1. The molecule has 2 heteroatoms. The molecule has 19 heavy (non-hydrogen) atoms. The summed E-state index contributed by atoms with van der Waals surface area (Å²) in [7, 11) is 1.83. The van der Waals surface area contributed by atoms with Crippen LogP contribution in [-0.4, -0.2) is 19.3 Å². The van der Waals surface area contributed by atoms with Gasteiger partial charge >= 0.3 is 0 Å². The maximum absolute atomic E-state index is 5.48. The van der Waals surface area contributed by atoms with E-state index in [2.05, 4.69) is 43.4 Å². The molecular weight excluding hydrogens is 234 g/mol. The maximum atomic E-state index is 5.48. The minimum atomic E-state index is 0.453. The Bertz CT molecular complexity index is 371. The van der Waals surface area contributed by atoms with E-state index < -0.39 is 0 Å². The van der Waals surface area contributed by atoms with E-state index in [0.717, 1.165) is 13.0 Å². The van der Waals surface area contributed by atoms with Gasteiger partial charge in [-0.1, -0.05) is 38.1 Å². The highest BCUT2D eigenvalue weighted by molar-refractivity contribution is 5.24. The molecule has 0 aliphatic heterocycles. The zero-order valence-corrected chi connectivity index (χ0v) is 12.5. The van der Waals surface area contributed by atoms with Crippen molar-refractivity contribution in [2.45, 2.75) is 64.1 Å². The largest absolute Gasteiger partial charge is 0.381 e. The minimum Gasteiger partial charge on any atom is -0.381 e. The Kier molecular flexibility index (Phi) is 5.41. The van der Waals surface area contributed by atoms with Crippen molar-refractivity contribution in [3.8, 4) is 0 Å². The Morgan fingerprint density at radius 3 is 2.58 bits per heavy atom. The van der Waals surface area contributed by atoms with Crippen LogP contribution >= 0.6 is 0 Å². The zero-order chi connectivity index (χ0) is 13.7. The van der Waals surface area contributed by atoms with Crippen molar-refractivity contribution in [2.75, 3.05) is 7.11 Å². The maximum Gasteiger partial charge on any atom is 0.0586 e. The second-order valence-electron chi connectivity index (χ2n) is 6.00. The van der Waals surface area contributed by atoms with E-state index in [1.165, 1.54) is 30.4 Å². The molecule has 2 atom stereocenters. The second kappa shape index (κ2) is 7.06. The van der Waals surface area contributed by atoms with E-state index in [9.17, 15) is 0 Å². The van der Waals surface area contributed by atoms with Gasteiger partial charge < -0.3 is 10.1 Å². The molecule has 0 amide bonds. The van der Waals surface area contributed by atoms with Crippen LogP contribution in [0.3, 0.4) is 0 Å². The van der Waals surface area contributed by atoms with E-state index in [1.54, 1.807) is 0 Å². The summed E-state index contributed by atoms with van der Waals surface area (Å²) in [6.45, 7) is 5.44. The molecule has 0 bridgehead atoms. The molecule has 1 aliphatic carbocycles. The summed E-state index contributed by atoms with van der Waals surface area (Å²) in [6.07, 6.45) is 5.39. The summed E-state index contributed by atoms with van der Waals surface area (Å²) in [5.74, 6) is 0.614. The van der Waals surface area contributed by atoms with Gasteiger partial charge in [-0.15, -0.1) is 0 Å². The van der Waals surface area contributed by atoms with E-state index in [-0.39, 0.29) is 0 Å². The van der Waals surface area contributed by atoms with Gasteiger partial charge in [0, 0.05) is 19.7 Å². The molecule has 0 heterocycles. The molecule has 1 N–H and O–H groups in total. The third-order valence-electron chi connectivity index (χ3n) is 4.20. The fourth-order valence-electron chi connectivity index (χ4n) is 2.83. The lowest BCUT2D eigenvalue weighted by Gasteiger charge is -2.29. The predicted octanol–water partition coefficient (Wildman–Crippen LogP) is 3.86. The van der Waals surface area contributed by atoms with E-state index in [1.807, 2.05) is 7.11 Å². The van der Waals surface area contributed by atoms with Crippen molar-refractivity contribution < 1.29 is 4.74 Å². The lowest BCUT2D eigenvalue weighted by molar-refractivity contribution is 0.0586. The van der Waals surface area contributed by atoms with Crippen LogP contribution in [0.15, 0.2) is 24.3 Å². The molecule has 0 aromatic heterocycles. The summed E-state index contributed by atoms with van der Waals surface area (Å²) >= 11 is 0. The summed E-state index contributed by atoms with van der Waals surface area (Å²) < 4.78 is 5.48. The normalized spacial score (nSPS) is 23.8. The van der Waals surface area contributed by atoms with E-state index in [4.69, 9.17) is 4.74 Å². The molecule has 1 saturated carbocycles. The molecule has 1 fully saturated rings. The third-order valence-corrected chi connectivity index (χ3v) is 4.20. The van der Waals surface area contributed by atoms with Gasteiger partial charge in [0.1, 0.15) is 0 Å². The van der Waals surface area contributed by atoms with Crippen LogP contribution in [0.4, 0.5) is 0 Å². The van der Waals surface area contributed by atoms with Crippen molar-refractivity contribution in [3.63, 3.8) is 0 Å². The summed E-state index contributed by atoms with van der Waals surface area (Å²) in [6, 6.07) is 9.61. The van der Waals surface area contributed by atoms with Crippen molar-refractivity contribution in [1.82, 2.24) is 5.32 Å². The molecule has 0 saturated heterocycles. The molecule has 0 spiro atoms. The number of nitrogens with one attached hydrogen (secondary N) is 1. The first-order valence-corrected chi connectivity index (χ1v) is 7.54. The van der Waals surface area contributed by atoms with Crippen molar-refractivity contribution in [2.24, 2.45) is 0 Å². The number of hydrogen-bond acceptors (Lipinski definition) is 2. The molecule has 106 valence electrons. The average molecular weight is 261 g/mol. The first kappa shape index (κ1) is 14.5. The number of hydrogen-bond donors (Lipinski definition) is 1. The Morgan fingerprint density at radius 1 is 1.21 bits per heavy atom. The topological polar surface area (TPSA) is 21.3 Å². The minimum absolute atomic E-state index is 0.453. The molecule has 1 aromatic rings. The fourth-order valence-corrected chi connectivity index (χ4v) is 2.83. The Labute approximate surface area is 117 Å². The number of rotatable bonds is 5. The van der Waals surface area contributed by atoms with Gasteiger partial charge in [-0.25, -0.2) is 0 Å². The standard InChI is InChI=1S/C17H27NO/c1-13(2)15-9-7-14(8-10-15)12-18-16-5-4-6-17(11-16)19-3/h7-10,13,16-18H,4-6,11-12H2,1-3H3. The van der Waals surface area contributed by atoms with Crippen LogP contribution in [0.1, 0.15) is 56.6 Å². The quantitative estimate of drug-likeness (QED) is 0.869. The van der Waals surface area contributed by atoms with Gasteiger partial charge in [-0.2, -0.15) is 0 Å². The van der Waals surface area contributed by atoms with Crippen molar-refractivity contribution in [3.05, 3.63) is 35.4 Å². The lowest BCUT2D eigenvalue weighted by atomic mass is 9.92. The van der Waals surface area contributed by atoms with Crippen LogP contribution in [0, 0.1) is 0 Å². The Hall–Kier alpha value is -0.860. The van der Waals surface area contributed by atoms with E-state index in [0.29, 0.717) is 18.1 Å². The van der Waals surface area contributed by atoms with Gasteiger partial charge in [-0.3, -0.25) is 0 Å². The lowest BCUT2D eigenvalue weighted by Crippen LogP contribution is -2.36. The highest BCUT2D eigenvalue weighted by Crippen LogP contribution is 2.21. The Balaban J connectivity index is 1.81. The van der Waals surface area contributed by atoms with Crippen molar-refractivity contribution >= 4 is 0 Å². The van der Waals surface area contributed by atoms with Gasteiger partial charge in [0.25, 0.3) is 0 Å². The van der Waals surface area contributed by atoms with Crippen molar-refractivity contribution in [1.29, 1.82) is 0 Å². The zero-order valence-electron chi connectivity index (χ0n) is 12.5. The van der Waals surface area contributed by atoms with Gasteiger partial charge in [0.2, 0.25) is 0 Å². The van der Waals surface area contributed by atoms with Crippen LogP contribution in [-0.2, 0) is 11.3 Å². The van der Waals surface area contributed by atoms with Crippen LogP contribution < -0.4 is 5.32 Å². The average Bonchev–Trinajstić information content (AvgIpc) is 2.46. The highest BCUT2D eigenvalue weighted by atomic mass is 16.5. The first-order valence-electron chi connectivity index (χ1n) is 7.54. The first-order chi connectivity index (χ1) is 9.19. The van der Waals surface area contributed by atoms with Crippen LogP contribution in [0.25, 0.3) is 0 Å². The monoisotopic (exact) mass is 261 g/mol. The molecule has 2 nitrogen and oxygen atoms in total. The van der Waals surface area contributed by atoms with Gasteiger partial charge in [0.15, 0.2) is 0 Å². The number of benzene rings is 1. The smallest absolute Gasteiger partial charge is 0.0586 e. The third kappa shape index (κ3) is 4.32. The Morgan fingerprint density at radius 2 is 1.95 bits per heavy atom. The SMILES string of the molecule is COC1CCCC(NCc2ccc(C(C)C)cc2)C1. The second-order valence-corrected chi connectivity index (χ2v) is 6.00. The molecule has 1 aliphatic rings.